The van der Waals surface area contributed by atoms with E-state index in [4.69, 9.17) is 14.3 Å². The fourth-order valence-corrected chi connectivity index (χ4v) is 4.19. The molecule has 1 aromatic rings. The van der Waals surface area contributed by atoms with Gasteiger partial charge in [-0.2, -0.15) is 0 Å². The molecule has 5 nitrogen and oxygen atoms in total. The monoisotopic (exact) mass is 351 g/mol. The number of hydrogen-bond donors (Lipinski definition) is 1. The summed E-state index contributed by atoms with van der Waals surface area (Å²) < 4.78 is 12.6. The molecule has 1 aliphatic heterocycles. The van der Waals surface area contributed by atoms with Crippen molar-refractivity contribution in [2.75, 3.05) is 6.61 Å². The average molecular weight is 352 g/mol. The van der Waals surface area contributed by atoms with E-state index < -0.39 is 14.3 Å². The van der Waals surface area contributed by atoms with Gasteiger partial charge in [-0.15, -0.1) is 0 Å². The van der Waals surface area contributed by atoms with Gasteiger partial charge in [0.05, 0.1) is 18.8 Å². The molecule has 0 radical (unpaired) electrons. The summed E-state index contributed by atoms with van der Waals surface area (Å²) in [6.07, 6.45) is 4.00. The van der Waals surface area contributed by atoms with Gasteiger partial charge in [-0.3, -0.25) is 9.78 Å². The lowest BCUT2D eigenvalue weighted by atomic mass is 9.90. The number of carboxylic acids is 1. The zero-order chi connectivity index (χ0) is 18.0. The van der Waals surface area contributed by atoms with Gasteiger partial charge in [-0.1, -0.05) is 26.8 Å². The van der Waals surface area contributed by atoms with Crippen molar-refractivity contribution in [3.8, 4) is 0 Å². The maximum absolute atomic E-state index is 11.1. The van der Waals surface area contributed by atoms with Gasteiger partial charge < -0.3 is 14.3 Å². The number of nitrogens with zero attached hydrogens (tertiary/aromatic N) is 1. The van der Waals surface area contributed by atoms with Crippen molar-refractivity contribution in [1.82, 2.24) is 4.98 Å². The maximum atomic E-state index is 11.1. The van der Waals surface area contributed by atoms with Crippen molar-refractivity contribution in [3.63, 3.8) is 0 Å². The van der Waals surface area contributed by atoms with E-state index in [1.165, 1.54) is 0 Å². The lowest BCUT2D eigenvalue weighted by molar-refractivity contribution is -0.137. The Bertz CT molecular complexity index is 556. The Morgan fingerprint density at radius 1 is 1.46 bits per heavy atom. The molecular weight excluding hydrogens is 322 g/mol. The quantitative estimate of drug-likeness (QED) is 0.784. The van der Waals surface area contributed by atoms with Crippen molar-refractivity contribution in [2.24, 2.45) is 5.92 Å². The second kappa shape index (κ2) is 7.33. The number of pyridine rings is 1. The van der Waals surface area contributed by atoms with Crippen LogP contribution in [0.4, 0.5) is 0 Å². The predicted molar refractivity (Wildman–Crippen MR) is 95.4 cm³/mol. The Morgan fingerprint density at radius 2 is 2.17 bits per heavy atom. The van der Waals surface area contributed by atoms with Crippen LogP contribution in [0.1, 0.15) is 45.3 Å². The molecule has 6 heteroatoms. The largest absolute Gasteiger partial charge is 0.481 e. The standard InChI is InChI=1S/C18H29NO4Si/c1-18(2,3)24(4,5)23-15-12-22-17(13-7-6-10-19-11-13)14(15)8-9-16(20)21/h6-7,10-11,14-15,17H,8-9,12H2,1-5H3,(H,20,21). The number of rotatable bonds is 6. The van der Waals surface area contributed by atoms with E-state index in [9.17, 15) is 4.79 Å². The normalized spacial score (nSPS) is 25.0. The molecule has 0 bridgehead atoms. The third kappa shape index (κ3) is 4.43. The van der Waals surface area contributed by atoms with Gasteiger partial charge in [0, 0.05) is 24.7 Å². The Kier molecular flexibility index (Phi) is 5.83. The molecule has 1 aliphatic rings. The summed E-state index contributed by atoms with van der Waals surface area (Å²) in [5, 5.41) is 9.20. The predicted octanol–water partition coefficient (Wildman–Crippen LogP) is 4.02. The van der Waals surface area contributed by atoms with Crippen molar-refractivity contribution < 1.29 is 19.1 Å². The molecule has 0 amide bonds. The van der Waals surface area contributed by atoms with Gasteiger partial charge in [0.1, 0.15) is 0 Å². The van der Waals surface area contributed by atoms with Crippen molar-refractivity contribution >= 4 is 14.3 Å². The number of hydrogen-bond acceptors (Lipinski definition) is 4. The van der Waals surface area contributed by atoms with E-state index >= 15 is 0 Å². The third-order valence-corrected chi connectivity index (χ3v) is 9.77. The van der Waals surface area contributed by atoms with E-state index in [1.54, 1.807) is 12.4 Å². The zero-order valence-electron chi connectivity index (χ0n) is 15.3. The van der Waals surface area contributed by atoms with Gasteiger partial charge >= 0.3 is 5.97 Å². The highest BCUT2D eigenvalue weighted by molar-refractivity contribution is 6.74. The molecule has 2 rings (SSSR count). The summed E-state index contributed by atoms with van der Waals surface area (Å²) >= 11 is 0. The van der Waals surface area contributed by atoms with Crippen molar-refractivity contribution in [1.29, 1.82) is 0 Å². The summed E-state index contributed by atoms with van der Waals surface area (Å²) in [4.78, 5) is 15.2. The maximum Gasteiger partial charge on any atom is 0.303 e. The molecular formula is C18H29NO4Si. The summed E-state index contributed by atoms with van der Waals surface area (Å²) in [7, 11) is -1.94. The van der Waals surface area contributed by atoms with E-state index in [1.807, 2.05) is 12.1 Å². The number of aromatic nitrogens is 1. The van der Waals surface area contributed by atoms with Crippen LogP contribution in [0.2, 0.25) is 18.1 Å². The topological polar surface area (TPSA) is 68.7 Å². The minimum atomic E-state index is -1.94. The van der Waals surface area contributed by atoms with E-state index in [0.717, 1.165) is 5.56 Å². The van der Waals surface area contributed by atoms with Crippen LogP contribution in [-0.2, 0) is 14.0 Å². The first-order chi connectivity index (χ1) is 11.1. The molecule has 0 aliphatic carbocycles. The number of aliphatic carboxylic acids is 1. The Hall–Kier alpha value is -1.24. The van der Waals surface area contributed by atoms with Crippen LogP contribution in [0, 0.1) is 5.92 Å². The highest BCUT2D eigenvalue weighted by Gasteiger charge is 2.45. The van der Waals surface area contributed by atoms with Crippen LogP contribution in [-0.4, -0.2) is 37.1 Å². The van der Waals surface area contributed by atoms with E-state index in [0.29, 0.717) is 13.0 Å². The van der Waals surface area contributed by atoms with Gasteiger partial charge in [-0.25, -0.2) is 0 Å². The number of carboxylic acid groups (broad SMARTS) is 1. The molecule has 3 unspecified atom stereocenters. The van der Waals surface area contributed by atoms with Crippen LogP contribution in [0.3, 0.4) is 0 Å². The fraction of sp³-hybridized carbons (Fsp3) is 0.667. The van der Waals surface area contributed by atoms with Gasteiger partial charge in [0.25, 0.3) is 0 Å². The van der Waals surface area contributed by atoms with E-state index in [-0.39, 0.29) is 29.6 Å². The van der Waals surface area contributed by atoms with Gasteiger partial charge in [0.15, 0.2) is 8.32 Å². The average Bonchev–Trinajstić information content (AvgIpc) is 2.87. The molecule has 2 heterocycles. The number of carbonyl (C=O) groups is 1. The molecule has 1 fully saturated rings. The van der Waals surface area contributed by atoms with Gasteiger partial charge in [0.2, 0.25) is 0 Å². The SMILES string of the molecule is CC(C)(C)[Si](C)(C)OC1COC(c2cccnc2)C1CCC(=O)O. The highest BCUT2D eigenvalue weighted by atomic mass is 28.4. The Morgan fingerprint density at radius 3 is 2.71 bits per heavy atom. The van der Waals surface area contributed by atoms with Crippen LogP contribution in [0.15, 0.2) is 24.5 Å². The molecule has 3 atom stereocenters. The molecule has 134 valence electrons. The van der Waals surface area contributed by atoms with Crippen LogP contribution in [0.5, 0.6) is 0 Å². The van der Waals surface area contributed by atoms with Crippen LogP contribution in [0.25, 0.3) is 0 Å². The molecule has 0 aromatic carbocycles. The minimum Gasteiger partial charge on any atom is -0.481 e. The van der Waals surface area contributed by atoms with Crippen LogP contribution >= 0.6 is 0 Å². The van der Waals surface area contributed by atoms with Crippen molar-refractivity contribution in [2.45, 2.75) is 64.0 Å². The molecule has 0 saturated carbocycles. The first-order valence-corrected chi connectivity index (χ1v) is 11.4. The minimum absolute atomic E-state index is 0.0411. The third-order valence-electron chi connectivity index (χ3n) is 5.26. The summed E-state index contributed by atoms with van der Waals surface area (Å²) in [6, 6.07) is 3.87. The van der Waals surface area contributed by atoms with E-state index in [2.05, 4.69) is 38.8 Å². The molecule has 1 saturated heterocycles. The zero-order valence-corrected chi connectivity index (χ0v) is 16.3. The Labute approximate surface area is 145 Å². The lowest BCUT2D eigenvalue weighted by Crippen LogP contribution is -2.45. The first kappa shape index (κ1) is 19.1. The highest BCUT2D eigenvalue weighted by Crippen LogP contribution is 2.44. The summed E-state index contributed by atoms with van der Waals surface area (Å²) in [5.41, 5.74) is 0.995. The molecule has 1 aromatic heterocycles. The lowest BCUT2D eigenvalue weighted by Gasteiger charge is -2.39. The molecule has 0 spiro atoms. The second-order valence-electron chi connectivity index (χ2n) is 8.05. The first-order valence-electron chi connectivity index (χ1n) is 8.53. The Balaban J connectivity index is 2.19. The fourth-order valence-electron chi connectivity index (χ4n) is 2.83. The number of ether oxygens (including phenoxy) is 1. The molecule has 24 heavy (non-hydrogen) atoms. The van der Waals surface area contributed by atoms with Crippen LogP contribution < -0.4 is 0 Å². The smallest absolute Gasteiger partial charge is 0.303 e. The summed E-state index contributed by atoms with van der Waals surface area (Å²) in [6.45, 7) is 11.6. The van der Waals surface area contributed by atoms with Crippen molar-refractivity contribution in [3.05, 3.63) is 30.1 Å². The molecule has 1 N–H and O–H groups in total. The second-order valence-corrected chi connectivity index (χ2v) is 12.8. The van der Waals surface area contributed by atoms with Gasteiger partial charge in [-0.05, 0) is 36.2 Å². The summed E-state index contributed by atoms with van der Waals surface area (Å²) in [5.74, 6) is -0.739.